The van der Waals surface area contributed by atoms with Gasteiger partial charge in [-0.05, 0) is 49.2 Å². The van der Waals surface area contributed by atoms with Crippen molar-refractivity contribution in [3.8, 4) is 0 Å². The summed E-state index contributed by atoms with van der Waals surface area (Å²) in [4.78, 5) is 22.3. The lowest BCUT2D eigenvalue weighted by Crippen LogP contribution is -2.27. The fourth-order valence-electron chi connectivity index (χ4n) is 3.57. The summed E-state index contributed by atoms with van der Waals surface area (Å²) in [6.07, 6.45) is 4.46. The Morgan fingerprint density at radius 3 is 2.66 bits per heavy atom. The molecule has 4 aromatic rings. The van der Waals surface area contributed by atoms with Gasteiger partial charge in [0.05, 0.1) is 0 Å². The third kappa shape index (κ3) is 4.14. The highest BCUT2D eigenvalue weighted by Gasteiger charge is 2.12. The quantitative estimate of drug-likeness (QED) is 0.486. The number of rotatable bonds is 7. The Bertz CT molecular complexity index is 1100. The van der Waals surface area contributed by atoms with E-state index in [2.05, 4.69) is 51.4 Å². The van der Waals surface area contributed by atoms with Crippen LogP contribution in [0.4, 0.5) is 11.4 Å². The third-order valence-corrected chi connectivity index (χ3v) is 5.03. The number of fused-ring (bicyclic) bond motifs is 1. The number of para-hydroxylation sites is 2. The Kier molecular flexibility index (Phi) is 5.56. The van der Waals surface area contributed by atoms with Crippen molar-refractivity contribution in [3.05, 3.63) is 90.4 Å². The van der Waals surface area contributed by atoms with Crippen LogP contribution in [0, 0.1) is 0 Å². The second kappa shape index (κ2) is 8.61. The lowest BCUT2D eigenvalue weighted by Gasteiger charge is -2.23. The molecule has 0 aliphatic heterocycles. The number of aromatic nitrogens is 2. The number of carbonyl (C=O) groups excluding carboxylic acids is 1. The average molecular weight is 384 g/mol. The molecule has 0 spiro atoms. The molecule has 5 nitrogen and oxygen atoms in total. The number of pyridine rings is 1. The summed E-state index contributed by atoms with van der Waals surface area (Å²) in [6, 6.07) is 22.1. The van der Waals surface area contributed by atoms with E-state index in [0.29, 0.717) is 12.2 Å². The van der Waals surface area contributed by atoms with Crippen molar-refractivity contribution in [2.45, 2.75) is 13.3 Å². The lowest BCUT2D eigenvalue weighted by molar-refractivity contribution is 0.0949. The van der Waals surface area contributed by atoms with E-state index in [1.165, 1.54) is 10.9 Å². The molecule has 2 aromatic heterocycles. The highest BCUT2D eigenvalue weighted by Crippen LogP contribution is 2.25. The van der Waals surface area contributed by atoms with Gasteiger partial charge >= 0.3 is 0 Å². The summed E-state index contributed by atoms with van der Waals surface area (Å²) in [5.74, 6) is -0.157. The number of nitrogens with zero attached hydrogens (tertiary/aromatic N) is 2. The second-order valence-corrected chi connectivity index (χ2v) is 6.84. The third-order valence-electron chi connectivity index (χ3n) is 5.03. The molecule has 2 N–H and O–H groups in total. The average Bonchev–Trinajstić information content (AvgIpc) is 3.18. The number of benzene rings is 2. The van der Waals surface area contributed by atoms with Gasteiger partial charge in [0.25, 0.3) is 5.91 Å². The summed E-state index contributed by atoms with van der Waals surface area (Å²) in [6.45, 7) is 3.45. The van der Waals surface area contributed by atoms with Crippen LogP contribution in [0.1, 0.15) is 23.0 Å². The van der Waals surface area contributed by atoms with Crippen LogP contribution < -0.4 is 10.2 Å². The normalized spacial score (nSPS) is 10.8. The summed E-state index contributed by atoms with van der Waals surface area (Å²) in [7, 11) is 0. The standard InChI is InChI=1S/C24H24N4O/c1-2-28(19-8-4-3-5-9-19)20-13-15-25-23(16-20)24(29)26-14-12-18-17-27-22-11-7-6-10-21(18)22/h3-11,13,15-17,27H,2,12,14H2,1H3,(H,26,29). The van der Waals surface area contributed by atoms with Crippen molar-refractivity contribution in [2.24, 2.45) is 0 Å². The molecule has 29 heavy (non-hydrogen) atoms. The van der Waals surface area contributed by atoms with Gasteiger partial charge in [0.15, 0.2) is 0 Å². The van der Waals surface area contributed by atoms with Crippen LogP contribution in [-0.4, -0.2) is 29.0 Å². The number of hydrogen-bond acceptors (Lipinski definition) is 3. The molecule has 0 radical (unpaired) electrons. The zero-order valence-electron chi connectivity index (χ0n) is 16.4. The number of aromatic amines is 1. The van der Waals surface area contributed by atoms with E-state index >= 15 is 0 Å². The fraction of sp³-hybridized carbons (Fsp3) is 0.167. The lowest BCUT2D eigenvalue weighted by atomic mass is 10.1. The minimum atomic E-state index is -0.157. The maximum absolute atomic E-state index is 12.6. The number of anilines is 2. The number of amides is 1. The van der Waals surface area contributed by atoms with Crippen LogP contribution in [0.5, 0.6) is 0 Å². The molecule has 2 heterocycles. The maximum atomic E-state index is 12.6. The Morgan fingerprint density at radius 2 is 1.83 bits per heavy atom. The molecule has 146 valence electrons. The smallest absolute Gasteiger partial charge is 0.269 e. The van der Waals surface area contributed by atoms with Crippen LogP contribution >= 0.6 is 0 Å². The number of nitrogens with one attached hydrogen (secondary N) is 2. The molecule has 0 saturated heterocycles. The zero-order valence-corrected chi connectivity index (χ0v) is 16.4. The van der Waals surface area contributed by atoms with Gasteiger partial charge in [0.1, 0.15) is 5.69 Å². The highest BCUT2D eigenvalue weighted by molar-refractivity contribution is 5.93. The molecule has 0 bridgehead atoms. The van der Waals surface area contributed by atoms with Crippen LogP contribution in [0.3, 0.4) is 0 Å². The molecule has 0 aliphatic carbocycles. The second-order valence-electron chi connectivity index (χ2n) is 6.84. The molecule has 0 fully saturated rings. The van der Waals surface area contributed by atoms with Crippen molar-refractivity contribution in [3.63, 3.8) is 0 Å². The first-order valence-corrected chi connectivity index (χ1v) is 9.88. The van der Waals surface area contributed by atoms with Gasteiger partial charge in [0.2, 0.25) is 0 Å². The SMILES string of the molecule is CCN(c1ccccc1)c1ccnc(C(=O)NCCc2c[nH]c3ccccc23)c1. The van der Waals surface area contributed by atoms with Crippen LogP contribution in [0.15, 0.2) is 79.1 Å². The van der Waals surface area contributed by atoms with Gasteiger partial charge in [-0.25, -0.2) is 0 Å². The molecule has 0 atom stereocenters. The van der Waals surface area contributed by atoms with E-state index in [0.717, 1.165) is 29.9 Å². The van der Waals surface area contributed by atoms with Crippen molar-refractivity contribution >= 4 is 28.2 Å². The minimum absolute atomic E-state index is 0.157. The first-order valence-electron chi connectivity index (χ1n) is 9.88. The van der Waals surface area contributed by atoms with Crippen molar-refractivity contribution in [1.82, 2.24) is 15.3 Å². The van der Waals surface area contributed by atoms with Crippen molar-refractivity contribution in [2.75, 3.05) is 18.0 Å². The molecular formula is C24H24N4O. The van der Waals surface area contributed by atoms with E-state index in [1.807, 2.05) is 48.7 Å². The van der Waals surface area contributed by atoms with Crippen molar-refractivity contribution < 1.29 is 4.79 Å². The molecule has 0 unspecified atom stereocenters. The molecule has 0 aliphatic rings. The fourth-order valence-corrected chi connectivity index (χ4v) is 3.57. The van der Waals surface area contributed by atoms with E-state index in [4.69, 9.17) is 0 Å². The van der Waals surface area contributed by atoms with Gasteiger partial charge < -0.3 is 15.2 Å². The largest absolute Gasteiger partial charge is 0.361 e. The summed E-state index contributed by atoms with van der Waals surface area (Å²) in [5, 5.41) is 4.19. The monoisotopic (exact) mass is 384 g/mol. The van der Waals surface area contributed by atoms with Gasteiger partial charge in [-0.15, -0.1) is 0 Å². The highest BCUT2D eigenvalue weighted by atomic mass is 16.1. The first kappa shape index (κ1) is 18.7. The Hall–Kier alpha value is -3.60. The van der Waals surface area contributed by atoms with Gasteiger partial charge in [0, 0.05) is 47.8 Å². The molecular weight excluding hydrogens is 360 g/mol. The predicted molar refractivity (Wildman–Crippen MR) is 118 cm³/mol. The topological polar surface area (TPSA) is 61.0 Å². The van der Waals surface area contributed by atoms with Gasteiger partial charge in [-0.3, -0.25) is 9.78 Å². The zero-order chi connectivity index (χ0) is 20.1. The Balaban J connectivity index is 1.43. The van der Waals surface area contributed by atoms with Crippen LogP contribution in [-0.2, 0) is 6.42 Å². The number of hydrogen-bond donors (Lipinski definition) is 2. The number of H-pyrrole nitrogens is 1. The molecule has 0 saturated carbocycles. The van der Waals surface area contributed by atoms with Crippen molar-refractivity contribution in [1.29, 1.82) is 0 Å². The maximum Gasteiger partial charge on any atom is 0.269 e. The Morgan fingerprint density at radius 1 is 1.03 bits per heavy atom. The van der Waals surface area contributed by atoms with E-state index in [9.17, 15) is 4.79 Å². The predicted octanol–water partition coefficient (Wildman–Crippen LogP) is 4.69. The van der Waals surface area contributed by atoms with Crippen LogP contribution in [0.2, 0.25) is 0 Å². The summed E-state index contributed by atoms with van der Waals surface area (Å²) >= 11 is 0. The molecule has 2 aromatic carbocycles. The van der Waals surface area contributed by atoms with Crippen LogP contribution in [0.25, 0.3) is 10.9 Å². The van der Waals surface area contributed by atoms with Gasteiger partial charge in [-0.2, -0.15) is 0 Å². The van der Waals surface area contributed by atoms with E-state index in [-0.39, 0.29) is 5.91 Å². The van der Waals surface area contributed by atoms with E-state index in [1.54, 1.807) is 6.20 Å². The minimum Gasteiger partial charge on any atom is -0.361 e. The number of carbonyl (C=O) groups is 1. The molecule has 5 heteroatoms. The van der Waals surface area contributed by atoms with Gasteiger partial charge in [-0.1, -0.05) is 36.4 Å². The van der Waals surface area contributed by atoms with E-state index < -0.39 is 0 Å². The summed E-state index contributed by atoms with van der Waals surface area (Å²) in [5.41, 5.74) is 4.78. The summed E-state index contributed by atoms with van der Waals surface area (Å²) < 4.78 is 0. The Labute approximate surface area is 170 Å². The first-order chi connectivity index (χ1) is 14.3. The molecule has 4 rings (SSSR count). The molecule has 1 amide bonds.